The standard InChI is InChI=1S/C16H20N2O5/c1-23-15-6-11-8-17(12-4-2-10(9-19)3-5-12)16(20)13(11)7-14(15)18(21)22/h6-7,10,12,19H,2-5,8-9H2,1H3/t10-,12-. The number of amides is 1. The van der Waals surface area contributed by atoms with E-state index in [0.29, 0.717) is 18.0 Å². The molecule has 3 rings (SSSR count). The molecule has 0 spiro atoms. The van der Waals surface area contributed by atoms with Gasteiger partial charge < -0.3 is 14.7 Å². The molecule has 7 heteroatoms. The Hall–Kier alpha value is -2.15. The second-order valence-electron chi connectivity index (χ2n) is 6.23. The van der Waals surface area contributed by atoms with E-state index in [4.69, 9.17) is 4.74 Å². The van der Waals surface area contributed by atoms with Crippen molar-refractivity contribution in [2.75, 3.05) is 13.7 Å². The molecule has 1 saturated carbocycles. The summed E-state index contributed by atoms with van der Waals surface area (Å²) in [6.07, 6.45) is 3.55. The summed E-state index contributed by atoms with van der Waals surface area (Å²) < 4.78 is 5.08. The normalized spacial score (nSPS) is 23.7. The van der Waals surface area contributed by atoms with Crippen molar-refractivity contribution in [3.8, 4) is 5.75 Å². The summed E-state index contributed by atoms with van der Waals surface area (Å²) in [5, 5.41) is 20.3. The molecule has 1 aromatic carbocycles. The fraction of sp³-hybridized carbons (Fsp3) is 0.562. The minimum absolute atomic E-state index is 0.141. The highest BCUT2D eigenvalue weighted by atomic mass is 16.6. The number of carbonyl (C=O) groups is 1. The number of hydrogen-bond acceptors (Lipinski definition) is 5. The number of hydrogen-bond donors (Lipinski definition) is 1. The maximum atomic E-state index is 12.6. The predicted octanol–water partition coefficient (Wildman–Crippen LogP) is 2.11. The van der Waals surface area contributed by atoms with Crippen LogP contribution in [0, 0.1) is 16.0 Å². The topological polar surface area (TPSA) is 92.9 Å². The Morgan fingerprint density at radius 1 is 1.35 bits per heavy atom. The molecule has 1 amide bonds. The van der Waals surface area contributed by atoms with Gasteiger partial charge in [0.15, 0.2) is 5.75 Å². The number of methoxy groups -OCH3 is 1. The number of nitro groups is 1. The lowest BCUT2D eigenvalue weighted by Crippen LogP contribution is -2.38. The van der Waals surface area contributed by atoms with Crippen LogP contribution in [-0.4, -0.2) is 40.6 Å². The first-order chi connectivity index (χ1) is 11.0. The first-order valence-electron chi connectivity index (χ1n) is 7.82. The zero-order valence-electron chi connectivity index (χ0n) is 13.0. The van der Waals surface area contributed by atoms with Gasteiger partial charge in [-0.2, -0.15) is 0 Å². The van der Waals surface area contributed by atoms with E-state index in [1.807, 2.05) is 0 Å². The number of aliphatic hydroxyl groups excluding tert-OH is 1. The molecule has 124 valence electrons. The van der Waals surface area contributed by atoms with Crippen molar-refractivity contribution in [1.29, 1.82) is 0 Å². The predicted molar refractivity (Wildman–Crippen MR) is 82.4 cm³/mol. The molecule has 2 aliphatic rings. The average Bonchev–Trinajstić information content (AvgIpc) is 2.89. The van der Waals surface area contributed by atoms with Crippen molar-refractivity contribution in [2.45, 2.75) is 38.3 Å². The second-order valence-corrected chi connectivity index (χ2v) is 6.23. The molecule has 7 nitrogen and oxygen atoms in total. The van der Waals surface area contributed by atoms with Gasteiger partial charge in [0.25, 0.3) is 5.91 Å². The van der Waals surface area contributed by atoms with Crippen LogP contribution in [0.3, 0.4) is 0 Å². The van der Waals surface area contributed by atoms with Crippen LogP contribution >= 0.6 is 0 Å². The molecule has 0 atom stereocenters. The van der Waals surface area contributed by atoms with Crippen LogP contribution in [0.1, 0.15) is 41.6 Å². The largest absolute Gasteiger partial charge is 0.490 e. The summed E-state index contributed by atoms with van der Waals surface area (Å²) in [7, 11) is 1.39. The molecule has 23 heavy (non-hydrogen) atoms. The summed E-state index contributed by atoms with van der Waals surface area (Å²) in [5.74, 6) is 0.373. The summed E-state index contributed by atoms with van der Waals surface area (Å²) >= 11 is 0. The van der Waals surface area contributed by atoms with Crippen molar-refractivity contribution < 1.29 is 19.6 Å². The highest BCUT2D eigenvalue weighted by Crippen LogP contribution is 2.37. The Kier molecular flexibility index (Phi) is 4.21. The van der Waals surface area contributed by atoms with Crippen molar-refractivity contribution in [2.24, 2.45) is 5.92 Å². The third kappa shape index (κ3) is 2.76. The molecule has 1 aromatic rings. The van der Waals surface area contributed by atoms with Gasteiger partial charge in [-0.25, -0.2) is 0 Å². The van der Waals surface area contributed by atoms with Crippen molar-refractivity contribution in [3.05, 3.63) is 33.4 Å². The third-order valence-corrected chi connectivity index (χ3v) is 4.95. The number of rotatable bonds is 4. The van der Waals surface area contributed by atoms with E-state index in [1.165, 1.54) is 13.2 Å². The lowest BCUT2D eigenvalue weighted by Gasteiger charge is -2.33. The molecule has 1 aliphatic carbocycles. The van der Waals surface area contributed by atoms with E-state index >= 15 is 0 Å². The average molecular weight is 320 g/mol. The molecule has 0 radical (unpaired) electrons. The summed E-state index contributed by atoms with van der Waals surface area (Å²) in [6.45, 7) is 0.668. The third-order valence-electron chi connectivity index (χ3n) is 4.95. The van der Waals surface area contributed by atoms with Gasteiger partial charge >= 0.3 is 5.69 Å². The maximum Gasteiger partial charge on any atom is 0.311 e. The van der Waals surface area contributed by atoms with Gasteiger partial charge in [0.05, 0.1) is 17.6 Å². The minimum atomic E-state index is -0.526. The molecule has 1 aliphatic heterocycles. The molecule has 1 fully saturated rings. The first kappa shape index (κ1) is 15.7. The number of carbonyl (C=O) groups excluding carboxylic acids is 1. The SMILES string of the molecule is COc1cc2c(cc1[N+](=O)[O-])C(=O)N([C@H]1CC[C@H](CO)CC1)C2. The quantitative estimate of drug-likeness (QED) is 0.677. The maximum absolute atomic E-state index is 12.6. The van der Waals surface area contributed by atoms with Crippen LogP contribution in [0.25, 0.3) is 0 Å². The highest BCUT2D eigenvalue weighted by molar-refractivity contribution is 5.99. The smallest absolute Gasteiger partial charge is 0.311 e. The molecule has 0 saturated heterocycles. The molecule has 1 heterocycles. The Balaban J connectivity index is 1.83. The van der Waals surface area contributed by atoms with Crippen LogP contribution in [0.4, 0.5) is 5.69 Å². The van der Waals surface area contributed by atoms with E-state index < -0.39 is 4.92 Å². The monoisotopic (exact) mass is 320 g/mol. The molecule has 0 aromatic heterocycles. The van der Waals surface area contributed by atoms with Crippen LogP contribution in [-0.2, 0) is 6.54 Å². The Morgan fingerprint density at radius 2 is 2.04 bits per heavy atom. The van der Waals surface area contributed by atoms with Gasteiger partial charge in [0.2, 0.25) is 0 Å². The van der Waals surface area contributed by atoms with E-state index in [2.05, 4.69) is 0 Å². The fourth-order valence-corrected chi connectivity index (χ4v) is 3.59. The lowest BCUT2D eigenvalue weighted by atomic mass is 9.86. The number of fused-ring (bicyclic) bond motifs is 1. The Labute approximate surface area is 134 Å². The fourth-order valence-electron chi connectivity index (χ4n) is 3.59. The van der Waals surface area contributed by atoms with E-state index in [0.717, 1.165) is 31.2 Å². The number of nitro benzene ring substituents is 1. The Bertz CT molecular complexity index is 638. The van der Waals surface area contributed by atoms with Gasteiger partial charge in [0, 0.05) is 25.3 Å². The molecular formula is C16H20N2O5. The molecule has 1 N–H and O–H groups in total. The van der Waals surface area contributed by atoms with Crippen LogP contribution in [0.15, 0.2) is 12.1 Å². The number of ether oxygens (including phenoxy) is 1. The van der Waals surface area contributed by atoms with Gasteiger partial charge in [-0.05, 0) is 43.2 Å². The highest BCUT2D eigenvalue weighted by Gasteiger charge is 2.36. The van der Waals surface area contributed by atoms with Gasteiger partial charge in [-0.1, -0.05) is 0 Å². The van der Waals surface area contributed by atoms with E-state index in [-0.39, 0.29) is 30.0 Å². The van der Waals surface area contributed by atoms with Gasteiger partial charge in [0.1, 0.15) is 0 Å². The van der Waals surface area contributed by atoms with Gasteiger partial charge in [-0.15, -0.1) is 0 Å². The zero-order chi connectivity index (χ0) is 16.6. The van der Waals surface area contributed by atoms with Crippen LogP contribution in [0.2, 0.25) is 0 Å². The Morgan fingerprint density at radius 3 is 2.61 bits per heavy atom. The van der Waals surface area contributed by atoms with E-state index in [9.17, 15) is 20.0 Å². The summed E-state index contributed by atoms with van der Waals surface area (Å²) in [4.78, 5) is 25.0. The second kappa shape index (κ2) is 6.16. The zero-order valence-corrected chi connectivity index (χ0v) is 13.0. The summed E-state index contributed by atoms with van der Waals surface area (Å²) in [6, 6.07) is 3.07. The minimum Gasteiger partial charge on any atom is -0.490 e. The number of nitrogens with zero attached hydrogens (tertiary/aromatic N) is 2. The molecule has 0 unspecified atom stereocenters. The molecule has 0 bridgehead atoms. The summed E-state index contributed by atoms with van der Waals surface area (Å²) in [5.41, 5.74) is 1.01. The van der Waals surface area contributed by atoms with Crippen molar-refractivity contribution in [3.63, 3.8) is 0 Å². The molecular weight excluding hydrogens is 300 g/mol. The first-order valence-corrected chi connectivity index (χ1v) is 7.82. The van der Waals surface area contributed by atoms with E-state index in [1.54, 1.807) is 11.0 Å². The van der Waals surface area contributed by atoms with Crippen molar-refractivity contribution >= 4 is 11.6 Å². The number of benzene rings is 1. The van der Waals surface area contributed by atoms with Crippen molar-refractivity contribution in [1.82, 2.24) is 4.90 Å². The number of aliphatic hydroxyl groups is 1. The lowest BCUT2D eigenvalue weighted by molar-refractivity contribution is -0.385. The van der Waals surface area contributed by atoms with Gasteiger partial charge in [-0.3, -0.25) is 14.9 Å². The van der Waals surface area contributed by atoms with Crippen LogP contribution in [0.5, 0.6) is 5.75 Å². The van der Waals surface area contributed by atoms with Crippen LogP contribution < -0.4 is 4.74 Å².